The summed E-state index contributed by atoms with van der Waals surface area (Å²) in [6.45, 7) is 7.83. The second-order valence-electron chi connectivity index (χ2n) is 6.83. The molecule has 0 atom stereocenters. The van der Waals surface area contributed by atoms with E-state index in [1.54, 1.807) is 12.3 Å². The molecule has 8 heteroatoms. The summed E-state index contributed by atoms with van der Waals surface area (Å²) >= 11 is 12.3. The van der Waals surface area contributed by atoms with Crippen molar-refractivity contribution in [2.24, 2.45) is 0 Å². The zero-order chi connectivity index (χ0) is 19.9. The lowest BCUT2D eigenvalue weighted by molar-refractivity contribution is -0.132. The van der Waals surface area contributed by atoms with E-state index >= 15 is 0 Å². The third-order valence-corrected chi connectivity index (χ3v) is 5.52. The topological polar surface area (TPSA) is 50.6 Å². The quantitative estimate of drug-likeness (QED) is 0.651. The number of hydrogen-bond acceptors (Lipinski definition) is 4. The van der Waals surface area contributed by atoms with Gasteiger partial charge in [-0.2, -0.15) is 0 Å². The van der Waals surface area contributed by atoms with Crippen LogP contribution in [0.15, 0.2) is 30.6 Å². The van der Waals surface area contributed by atoms with Crippen LogP contribution in [0.5, 0.6) is 0 Å². The molecule has 1 aliphatic rings. The van der Waals surface area contributed by atoms with Gasteiger partial charge in [-0.15, -0.1) is 0 Å². The van der Waals surface area contributed by atoms with E-state index in [2.05, 4.69) is 9.88 Å². The number of ether oxygens (including phenoxy) is 1. The van der Waals surface area contributed by atoms with Crippen molar-refractivity contribution >= 4 is 29.1 Å². The number of nitrogens with zero attached hydrogens (tertiary/aromatic N) is 4. The van der Waals surface area contributed by atoms with Crippen LogP contribution in [-0.2, 0) is 22.6 Å². The molecule has 1 aliphatic heterocycles. The number of amides is 1. The van der Waals surface area contributed by atoms with Gasteiger partial charge in [-0.3, -0.25) is 9.69 Å². The Kier molecular flexibility index (Phi) is 7.73. The first-order valence-electron chi connectivity index (χ1n) is 9.58. The Morgan fingerprint density at radius 1 is 1.29 bits per heavy atom. The smallest absolute Gasteiger partial charge is 0.222 e. The van der Waals surface area contributed by atoms with Gasteiger partial charge in [0.25, 0.3) is 0 Å². The fourth-order valence-electron chi connectivity index (χ4n) is 3.24. The minimum atomic E-state index is 0.132. The number of morpholine rings is 1. The molecule has 0 spiro atoms. The molecule has 0 N–H and O–H groups in total. The molecule has 0 saturated carbocycles. The molecule has 2 aromatic rings. The minimum absolute atomic E-state index is 0.132. The number of carbonyl (C=O) groups is 1. The molecular weight excluding hydrogens is 399 g/mol. The summed E-state index contributed by atoms with van der Waals surface area (Å²) in [4.78, 5) is 21.2. The summed E-state index contributed by atoms with van der Waals surface area (Å²) in [6.07, 6.45) is 4.15. The maximum Gasteiger partial charge on any atom is 0.222 e. The zero-order valence-electron chi connectivity index (χ0n) is 16.1. The van der Waals surface area contributed by atoms with E-state index in [0.29, 0.717) is 36.1 Å². The monoisotopic (exact) mass is 424 g/mol. The molecule has 1 aromatic heterocycles. The highest BCUT2D eigenvalue weighted by molar-refractivity contribution is 6.35. The van der Waals surface area contributed by atoms with Crippen molar-refractivity contribution in [2.75, 3.05) is 39.4 Å². The summed E-state index contributed by atoms with van der Waals surface area (Å²) in [5, 5.41) is 1.24. The predicted octanol–water partition coefficient (Wildman–Crippen LogP) is 3.31. The minimum Gasteiger partial charge on any atom is -0.379 e. The Balaban J connectivity index is 1.67. The molecule has 1 fully saturated rings. The van der Waals surface area contributed by atoms with E-state index < -0.39 is 0 Å². The van der Waals surface area contributed by atoms with Crippen molar-refractivity contribution in [1.29, 1.82) is 0 Å². The van der Waals surface area contributed by atoms with Gasteiger partial charge in [0.15, 0.2) is 0 Å². The highest BCUT2D eigenvalue weighted by atomic mass is 35.5. The van der Waals surface area contributed by atoms with E-state index in [0.717, 1.165) is 44.2 Å². The van der Waals surface area contributed by atoms with E-state index in [-0.39, 0.29) is 5.91 Å². The number of halogens is 2. The Labute approximate surface area is 176 Å². The molecule has 2 heterocycles. The van der Waals surface area contributed by atoms with Crippen LogP contribution in [0.1, 0.15) is 24.7 Å². The molecule has 0 bridgehead atoms. The van der Waals surface area contributed by atoms with Crippen molar-refractivity contribution in [3.63, 3.8) is 0 Å². The van der Waals surface area contributed by atoms with Gasteiger partial charge in [-0.05, 0) is 17.7 Å². The summed E-state index contributed by atoms with van der Waals surface area (Å²) in [6, 6.07) is 5.49. The molecule has 28 heavy (non-hydrogen) atoms. The van der Waals surface area contributed by atoms with Crippen LogP contribution < -0.4 is 0 Å². The summed E-state index contributed by atoms with van der Waals surface area (Å²) in [5.74, 6) is 0.974. The van der Waals surface area contributed by atoms with E-state index in [1.807, 2.05) is 34.7 Å². The third kappa shape index (κ3) is 5.70. The van der Waals surface area contributed by atoms with Crippen molar-refractivity contribution in [2.45, 2.75) is 26.4 Å². The summed E-state index contributed by atoms with van der Waals surface area (Å²) in [5.41, 5.74) is 0.965. The average molecular weight is 425 g/mol. The van der Waals surface area contributed by atoms with Gasteiger partial charge in [0, 0.05) is 55.0 Å². The first-order valence-corrected chi connectivity index (χ1v) is 10.3. The molecule has 0 radical (unpaired) electrons. The van der Waals surface area contributed by atoms with E-state index in [4.69, 9.17) is 27.9 Å². The van der Waals surface area contributed by atoms with Gasteiger partial charge in [-0.25, -0.2) is 4.98 Å². The Hall–Kier alpha value is -1.60. The standard InChI is InChI=1S/C20H26Cl2N4O2/c1-2-20(27)26(8-7-24-9-11-28-12-10-24)15-19-23-5-6-25(19)14-16-3-4-17(21)13-18(16)22/h3-6,13H,2,7-12,14-15H2,1H3. The van der Waals surface area contributed by atoms with Crippen LogP contribution in [0.25, 0.3) is 0 Å². The van der Waals surface area contributed by atoms with Crippen LogP contribution in [0.4, 0.5) is 0 Å². The highest BCUT2D eigenvalue weighted by Crippen LogP contribution is 2.22. The SMILES string of the molecule is CCC(=O)N(CCN1CCOCC1)Cc1nccn1Cc1ccc(Cl)cc1Cl. The lowest BCUT2D eigenvalue weighted by Gasteiger charge is -2.30. The van der Waals surface area contributed by atoms with Gasteiger partial charge in [0.05, 0.1) is 26.3 Å². The van der Waals surface area contributed by atoms with Crippen molar-refractivity contribution < 1.29 is 9.53 Å². The van der Waals surface area contributed by atoms with Gasteiger partial charge in [-0.1, -0.05) is 36.2 Å². The van der Waals surface area contributed by atoms with Crippen LogP contribution in [0.2, 0.25) is 10.0 Å². The molecule has 1 amide bonds. The van der Waals surface area contributed by atoms with Crippen LogP contribution in [0.3, 0.4) is 0 Å². The van der Waals surface area contributed by atoms with Crippen molar-refractivity contribution in [3.8, 4) is 0 Å². The molecule has 0 unspecified atom stereocenters. The second kappa shape index (κ2) is 10.3. The van der Waals surface area contributed by atoms with Crippen molar-refractivity contribution in [1.82, 2.24) is 19.4 Å². The van der Waals surface area contributed by atoms with E-state index in [1.165, 1.54) is 0 Å². The molecule has 152 valence electrons. The number of aromatic nitrogens is 2. The second-order valence-corrected chi connectivity index (χ2v) is 7.67. The number of carbonyl (C=O) groups excluding carboxylic acids is 1. The molecule has 1 aromatic carbocycles. The Morgan fingerprint density at radius 3 is 2.79 bits per heavy atom. The van der Waals surface area contributed by atoms with Crippen LogP contribution in [0, 0.1) is 0 Å². The first kappa shape index (κ1) is 21.1. The molecule has 6 nitrogen and oxygen atoms in total. The molecular formula is C20H26Cl2N4O2. The molecule has 0 aliphatic carbocycles. The average Bonchev–Trinajstić information content (AvgIpc) is 3.14. The predicted molar refractivity (Wildman–Crippen MR) is 111 cm³/mol. The van der Waals surface area contributed by atoms with Gasteiger partial charge in [0.1, 0.15) is 5.82 Å². The Morgan fingerprint density at radius 2 is 2.07 bits per heavy atom. The van der Waals surface area contributed by atoms with Crippen LogP contribution >= 0.6 is 23.2 Å². The lowest BCUT2D eigenvalue weighted by Crippen LogP contribution is -2.43. The maximum atomic E-state index is 12.5. The van der Waals surface area contributed by atoms with Gasteiger partial charge < -0.3 is 14.2 Å². The number of imidazole rings is 1. The normalized spacial score (nSPS) is 15.0. The lowest BCUT2D eigenvalue weighted by atomic mass is 10.2. The largest absolute Gasteiger partial charge is 0.379 e. The molecule has 1 saturated heterocycles. The number of hydrogen-bond donors (Lipinski definition) is 0. The molecule has 3 rings (SSSR count). The zero-order valence-corrected chi connectivity index (χ0v) is 17.6. The van der Waals surface area contributed by atoms with Crippen molar-refractivity contribution in [3.05, 3.63) is 52.0 Å². The first-order chi connectivity index (χ1) is 13.6. The highest BCUT2D eigenvalue weighted by Gasteiger charge is 2.18. The fraction of sp³-hybridized carbons (Fsp3) is 0.500. The van der Waals surface area contributed by atoms with Gasteiger partial charge in [0.2, 0.25) is 5.91 Å². The number of rotatable bonds is 8. The van der Waals surface area contributed by atoms with Crippen LogP contribution in [-0.4, -0.2) is 64.7 Å². The fourth-order valence-corrected chi connectivity index (χ4v) is 3.71. The van der Waals surface area contributed by atoms with Gasteiger partial charge >= 0.3 is 0 Å². The maximum absolute atomic E-state index is 12.5. The summed E-state index contributed by atoms with van der Waals surface area (Å²) in [7, 11) is 0. The summed E-state index contributed by atoms with van der Waals surface area (Å²) < 4.78 is 7.42. The van der Waals surface area contributed by atoms with E-state index in [9.17, 15) is 4.79 Å². The Bertz CT molecular complexity index is 790. The number of benzene rings is 1. The third-order valence-electron chi connectivity index (χ3n) is 4.93.